The number of halogens is 4. The number of rotatable bonds is 7. The lowest BCUT2D eigenvalue weighted by molar-refractivity contribution is -0.132. The van der Waals surface area contributed by atoms with E-state index >= 15 is 0 Å². The van der Waals surface area contributed by atoms with E-state index in [4.69, 9.17) is 46.4 Å². The van der Waals surface area contributed by atoms with E-state index in [2.05, 4.69) is 10.2 Å². The van der Waals surface area contributed by atoms with Crippen LogP contribution in [0.15, 0.2) is 36.4 Å². The van der Waals surface area contributed by atoms with Gasteiger partial charge in [0.25, 0.3) is 0 Å². The summed E-state index contributed by atoms with van der Waals surface area (Å²) in [6, 6.07) is 10.4. The summed E-state index contributed by atoms with van der Waals surface area (Å²) >= 11 is 24.6. The molecule has 31 heavy (non-hydrogen) atoms. The zero-order valence-electron chi connectivity index (χ0n) is 16.8. The van der Waals surface area contributed by atoms with Crippen LogP contribution in [0.25, 0.3) is 0 Å². The molecular formula is C22H23Cl4N3O2. The molecule has 1 fully saturated rings. The predicted molar refractivity (Wildman–Crippen MR) is 126 cm³/mol. The van der Waals surface area contributed by atoms with Crippen molar-refractivity contribution in [3.63, 3.8) is 0 Å². The third kappa shape index (κ3) is 6.74. The predicted octanol–water partition coefficient (Wildman–Crippen LogP) is 4.35. The Bertz CT molecular complexity index is 903. The van der Waals surface area contributed by atoms with Crippen molar-refractivity contribution in [3.8, 4) is 0 Å². The van der Waals surface area contributed by atoms with Crippen molar-refractivity contribution in [1.82, 2.24) is 15.1 Å². The topological polar surface area (TPSA) is 52.7 Å². The van der Waals surface area contributed by atoms with Crippen molar-refractivity contribution in [2.24, 2.45) is 0 Å². The molecule has 3 rings (SSSR count). The third-order valence-electron chi connectivity index (χ3n) is 5.26. The van der Waals surface area contributed by atoms with E-state index in [0.717, 1.165) is 13.1 Å². The van der Waals surface area contributed by atoms with E-state index in [1.54, 1.807) is 36.4 Å². The van der Waals surface area contributed by atoms with Crippen molar-refractivity contribution >= 4 is 58.2 Å². The van der Waals surface area contributed by atoms with Crippen molar-refractivity contribution in [3.05, 3.63) is 67.6 Å². The molecule has 0 bridgehead atoms. The van der Waals surface area contributed by atoms with Crippen LogP contribution in [-0.2, 0) is 22.4 Å². The molecule has 1 heterocycles. The summed E-state index contributed by atoms with van der Waals surface area (Å²) in [6.07, 6.45) is 0.338. The Morgan fingerprint density at radius 2 is 1.26 bits per heavy atom. The molecule has 2 aromatic rings. The van der Waals surface area contributed by atoms with Crippen molar-refractivity contribution in [1.29, 1.82) is 0 Å². The van der Waals surface area contributed by atoms with Gasteiger partial charge in [-0.2, -0.15) is 0 Å². The molecule has 1 saturated heterocycles. The van der Waals surface area contributed by atoms with Crippen LogP contribution in [0.3, 0.4) is 0 Å². The molecule has 0 radical (unpaired) electrons. The van der Waals surface area contributed by atoms with Crippen molar-refractivity contribution in [2.45, 2.75) is 12.8 Å². The maximum absolute atomic E-state index is 12.6. The Labute approximate surface area is 202 Å². The van der Waals surface area contributed by atoms with Gasteiger partial charge < -0.3 is 10.2 Å². The highest BCUT2D eigenvalue weighted by atomic mass is 35.5. The van der Waals surface area contributed by atoms with E-state index in [0.29, 0.717) is 57.4 Å². The first-order chi connectivity index (χ1) is 14.8. The van der Waals surface area contributed by atoms with Gasteiger partial charge in [0.1, 0.15) is 0 Å². The minimum absolute atomic E-state index is 0.0135. The molecule has 2 amide bonds. The van der Waals surface area contributed by atoms with Crippen LogP contribution >= 0.6 is 46.4 Å². The molecule has 1 aliphatic heterocycles. The molecule has 166 valence electrons. The van der Waals surface area contributed by atoms with Crippen LogP contribution in [0.2, 0.25) is 20.1 Å². The van der Waals surface area contributed by atoms with Crippen molar-refractivity contribution < 1.29 is 9.59 Å². The fourth-order valence-electron chi connectivity index (χ4n) is 3.46. The van der Waals surface area contributed by atoms with E-state index in [1.807, 2.05) is 4.90 Å². The monoisotopic (exact) mass is 501 g/mol. The van der Waals surface area contributed by atoms with Crippen LogP contribution in [0.1, 0.15) is 11.1 Å². The Morgan fingerprint density at radius 1 is 0.774 bits per heavy atom. The lowest BCUT2D eigenvalue weighted by Crippen LogP contribution is -2.50. The number of benzene rings is 2. The van der Waals surface area contributed by atoms with Gasteiger partial charge in [0.2, 0.25) is 11.8 Å². The molecule has 0 spiro atoms. The summed E-state index contributed by atoms with van der Waals surface area (Å²) in [5.41, 5.74) is 1.30. The van der Waals surface area contributed by atoms with Crippen molar-refractivity contribution in [2.75, 3.05) is 39.3 Å². The molecule has 0 aromatic heterocycles. The lowest BCUT2D eigenvalue weighted by atomic mass is 10.1. The lowest BCUT2D eigenvalue weighted by Gasteiger charge is -2.35. The number of nitrogens with one attached hydrogen (secondary N) is 1. The second kappa shape index (κ2) is 11.4. The number of carbonyl (C=O) groups is 2. The van der Waals surface area contributed by atoms with Gasteiger partial charge in [0.15, 0.2) is 0 Å². The van der Waals surface area contributed by atoms with Gasteiger partial charge in [0.05, 0.1) is 12.8 Å². The first kappa shape index (κ1) is 24.1. The molecule has 5 nitrogen and oxygen atoms in total. The molecule has 0 unspecified atom stereocenters. The van der Waals surface area contributed by atoms with Crippen LogP contribution < -0.4 is 5.32 Å². The molecular weight excluding hydrogens is 480 g/mol. The summed E-state index contributed by atoms with van der Waals surface area (Å²) < 4.78 is 0. The quantitative estimate of drug-likeness (QED) is 0.612. The second-order valence-corrected chi connectivity index (χ2v) is 8.96. The van der Waals surface area contributed by atoms with Crippen LogP contribution in [0, 0.1) is 0 Å². The van der Waals surface area contributed by atoms with Gasteiger partial charge in [-0.05, 0) is 35.4 Å². The highest BCUT2D eigenvalue weighted by Crippen LogP contribution is 2.26. The fraction of sp³-hybridized carbons (Fsp3) is 0.364. The van der Waals surface area contributed by atoms with E-state index in [-0.39, 0.29) is 24.7 Å². The fourth-order valence-corrected chi connectivity index (χ4v) is 4.52. The van der Waals surface area contributed by atoms with Gasteiger partial charge in [-0.25, -0.2) is 0 Å². The normalized spacial score (nSPS) is 14.5. The standard InChI is InChI=1S/C22H23Cl4N3O2/c23-17-3-1-4-18(24)15(17)13-21(30)27-7-8-28-9-11-29(12-10-28)22(31)14-16-19(25)5-2-6-20(16)26/h1-6H,7-14H2,(H,27,30). The van der Waals surface area contributed by atoms with Crippen LogP contribution in [0.5, 0.6) is 0 Å². The summed E-state index contributed by atoms with van der Waals surface area (Å²) in [4.78, 5) is 28.9. The molecule has 0 atom stereocenters. The molecule has 1 N–H and O–H groups in total. The van der Waals surface area contributed by atoms with Crippen LogP contribution in [0.4, 0.5) is 0 Å². The van der Waals surface area contributed by atoms with Gasteiger partial charge in [0, 0.05) is 59.4 Å². The molecule has 1 aliphatic rings. The average molecular weight is 503 g/mol. The Balaban J connectivity index is 1.39. The highest BCUT2D eigenvalue weighted by molar-refractivity contribution is 6.36. The van der Waals surface area contributed by atoms with E-state index < -0.39 is 0 Å². The summed E-state index contributed by atoms with van der Waals surface area (Å²) in [6.45, 7) is 3.97. The zero-order valence-corrected chi connectivity index (χ0v) is 19.9. The largest absolute Gasteiger partial charge is 0.355 e. The first-order valence-electron chi connectivity index (χ1n) is 9.97. The molecule has 2 aromatic carbocycles. The number of hydrogen-bond acceptors (Lipinski definition) is 3. The van der Waals surface area contributed by atoms with E-state index in [1.165, 1.54) is 0 Å². The minimum atomic E-state index is -0.125. The maximum atomic E-state index is 12.6. The number of piperazine rings is 1. The summed E-state index contributed by atoms with van der Waals surface area (Å²) in [7, 11) is 0. The van der Waals surface area contributed by atoms with Gasteiger partial charge >= 0.3 is 0 Å². The minimum Gasteiger partial charge on any atom is -0.355 e. The van der Waals surface area contributed by atoms with Gasteiger partial charge in [-0.15, -0.1) is 0 Å². The Kier molecular flexibility index (Phi) is 8.87. The first-order valence-corrected chi connectivity index (χ1v) is 11.5. The average Bonchev–Trinajstić information content (AvgIpc) is 2.74. The van der Waals surface area contributed by atoms with Gasteiger partial charge in [-0.3, -0.25) is 14.5 Å². The zero-order chi connectivity index (χ0) is 22.4. The highest BCUT2D eigenvalue weighted by Gasteiger charge is 2.22. The Morgan fingerprint density at radius 3 is 1.77 bits per heavy atom. The summed E-state index contributed by atoms with van der Waals surface area (Å²) in [5, 5.41) is 4.89. The second-order valence-electron chi connectivity index (χ2n) is 7.33. The SMILES string of the molecule is O=C(Cc1c(Cl)cccc1Cl)NCCN1CCN(C(=O)Cc2c(Cl)cccc2Cl)CC1. The third-order valence-corrected chi connectivity index (χ3v) is 6.68. The molecule has 9 heteroatoms. The number of hydrogen-bond donors (Lipinski definition) is 1. The van der Waals surface area contributed by atoms with Crippen LogP contribution in [-0.4, -0.2) is 60.9 Å². The number of carbonyl (C=O) groups excluding carboxylic acids is 2. The smallest absolute Gasteiger partial charge is 0.227 e. The summed E-state index contributed by atoms with van der Waals surface area (Å²) in [5.74, 6) is -0.111. The Hall–Kier alpha value is -1.50. The molecule has 0 aliphatic carbocycles. The maximum Gasteiger partial charge on any atom is 0.227 e. The number of nitrogens with zero attached hydrogens (tertiary/aromatic N) is 2. The number of amides is 2. The van der Waals surface area contributed by atoms with E-state index in [9.17, 15) is 9.59 Å². The van der Waals surface area contributed by atoms with Gasteiger partial charge in [-0.1, -0.05) is 58.5 Å². The molecule has 0 saturated carbocycles.